The number of para-hydroxylation sites is 1. The molecule has 0 spiro atoms. The lowest BCUT2D eigenvalue weighted by Crippen LogP contribution is -2.30. The molecule has 0 N–H and O–H groups in total. The van der Waals surface area contributed by atoms with Gasteiger partial charge in [-0.2, -0.15) is 0 Å². The molecule has 0 saturated heterocycles. The minimum atomic E-state index is -0.284. The first-order valence-corrected chi connectivity index (χ1v) is 10.5. The van der Waals surface area contributed by atoms with E-state index in [9.17, 15) is 9.18 Å². The lowest BCUT2D eigenvalue weighted by Gasteiger charge is -2.16. The minimum absolute atomic E-state index is 0.0374. The van der Waals surface area contributed by atoms with Crippen molar-refractivity contribution in [3.05, 3.63) is 71.8 Å². The number of carbonyl (C=O) groups is 1. The molecule has 1 amide bonds. The summed E-state index contributed by atoms with van der Waals surface area (Å²) in [6.45, 7) is 1.12. The van der Waals surface area contributed by atoms with E-state index in [1.165, 1.54) is 35.8 Å². The summed E-state index contributed by atoms with van der Waals surface area (Å²) in [4.78, 5) is 23.2. The van der Waals surface area contributed by atoms with E-state index in [2.05, 4.69) is 26.3 Å². The zero-order valence-corrected chi connectivity index (χ0v) is 16.7. The number of rotatable bonds is 5. The normalized spacial score (nSPS) is 13.0. The van der Waals surface area contributed by atoms with Crippen LogP contribution in [-0.2, 0) is 17.8 Å². The predicted molar refractivity (Wildman–Crippen MR) is 112 cm³/mol. The van der Waals surface area contributed by atoms with E-state index in [1.807, 2.05) is 23.1 Å². The highest BCUT2D eigenvalue weighted by atomic mass is 32.2. The van der Waals surface area contributed by atoms with Crippen LogP contribution in [0.4, 0.5) is 10.1 Å². The van der Waals surface area contributed by atoms with Crippen LogP contribution in [0, 0.1) is 5.82 Å². The molecule has 1 aliphatic rings. The van der Waals surface area contributed by atoms with E-state index < -0.39 is 0 Å². The van der Waals surface area contributed by atoms with Crippen LogP contribution in [0.1, 0.15) is 11.1 Å². The number of fused-ring (bicyclic) bond motifs is 2. The van der Waals surface area contributed by atoms with Crippen molar-refractivity contribution >= 4 is 34.5 Å². The number of amides is 1. The fourth-order valence-corrected chi connectivity index (χ4v) is 4.36. The Balaban J connectivity index is 1.32. The molecule has 0 aliphatic carbocycles. The molecule has 0 radical (unpaired) electrons. The van der Waals surface area contributed by atoms with Crippen LogP contribution >= 0.6 is 11.8 Å². The van der Waals surface area contributed by atoms with Crippen molar-refractivity contribution in [3.8, 4) is 0 Å². The number of halogens is 1. The monoisotopic (exact) mass is 420 g/mol. The number of aromatic nitrogens is 5. The fraction of sp³-hybridized carbons (Fsp3) is 0.190. The van der Waals surface area contributed by atoms with Gasteiger partial charge in [0.25, 0.3) is 0 Å². The fourth-order valence-electron chi connectivity index (χ4n) is 3.55. The number of hydrogen-bond acceptors (Lipinski definition) is 6. The number of hydrogen-bond donors (Lipinski definition) is 0. The van der Waals surface area contributed by atoms with Crippen LogP contribution in [0.25, 0.3) is 11.2 Å². The molecule has 9 heteroatoms. The summed E-state index contributed by atoms with van der Waals surface area (Å²) in [5.41, 5.74) is 4.21. The molecule has 0 bridgehead atoms. The molecule has 0 fully saturated rings. The molecule has 5 rings (SSSR count). The van der Waals surface area contributed by atoms with Crippen LogP contribution < -0.4 is 4.90 Å². The summed E-state index contributed by atoms with van der Waals surface area (Å²) in [6.07, 6.45) is 2.33. The van der Waals surface area contributed by atoms with E-state index in [4.69, 9.17) is 0 Å². The third kappa shape index (κ3) is 3.52. The molecule has 7 nitrogen and oxygen atoms in total. The summed E-state index contributed by atoms with van der Waals surface area (Å²) in [5.74, 6) is 0.00886. The second-order valence-corrected chi connectivity index (χ2v) is 7.90. The van der Waals surface area contributed by atoms with Gasteiger partial charge in [0.1, 0.15) is 17.2 Å². The number of benzene rings is 2. The molecule has 1 aliphatic heterocycles. The van der Waals surface area contributed by atoms with Crippen molar-refractivity contribution in [3.63, 3.8) is 0 Å². The topological polar surface area (TPSA) is 76.8 Å². The van der Waals surface area contributed by atoms with E-state index >= 15 is 0 Å². The summed E-state index contributed by atoms with van der Waals surface area (Å²) < 4.78 is 14.8. The SMILES string of the molecule is O=C(CSc1ncnc2c1nnn2Cc1ccc(F)cc1)N1CCc2ccccc21. The van der Waals surface area contributed by atoms with Crippen molar-refractivity contribution < 1.29 is 9.18 Å². The van der Waals surface area contributed by atoms with Gasteiger partial charge < -0.3 is 4.90 Å². The molecule has 0 saturated carbocycles. The van der Waals surface area contributed by atoms with Crippen LogP contribution in [-0.4, -0.2) is 43.2 Å². The maximum atomic E-state index is 13.1. The van der Waals surface area contributed by atoms with Crippen molar-refractivity contribution in [2.75, 3.05) is 17.2 Å². The second kappa shape index (κ2) is 7.83. The van der Waals surface area contributed by atoms with Gasteiger partial charge in [-0.05, 0) is 35.7 Å². The molecular weight excluding hydrogens is 403 g/mol. The number of nitrogens with zero attached hydrogens (tertiary/aromatic N) is 6. The molecule has 150 valence electrons. The van der Waals surface area contributed by atoms with Gasteiger partial charge in [-0.3, -0.25) is 4.79 Å². The highest BCUT2D eigenvalue weighted by Gasteiger charge is 2.24. The van der Waals surface area contributed by atoms with E-state index in [-0.39, 0.29) is 17.5 Å². The van der Waals surface area contributed by atoms with Crippen LogP contribution in [0.5, 0.6) is 0 Å². The van der Waals surface area contributed by atoms with Gasteiger partial charge in [0.15, 0.2) is 11.2 Å². The summed E-state index contributed by atoms with van der Waals surface area (Å²) in [5, 5.41) is 9.00. The van der Waals surface area contributed by atoms with Gasteiger partial charge in [0.05, 0.1) is 12.3 Å². The Morgan fingerprint density at radius 2 is 1.93 bits per heavy atom. The Hall–Kier alpha value is -3.33. The molecule has 3 heterocycles. The first-order valence-electron chi connectivity index (χ1n) is 9.49. The smallest absolute Gasteiger partial charge is 0.237 e. The van der Waals surface area contributed by atoms with E-state index in [0.29, 0.717) is 29.3 Å². The van der Waals surface area contributed by atoms with Gasteiger partial charge in [-0.1, -0.05) is 47.3 Å². The standard InChI is InChI=1S/C21H17FN6OS/c22-16-7-5-14(6-8-16)11-28-20-19(25-26-28)21(24-13-23-20)30-12-18(29)27-10-9-15-3-1-2-4-17(15)27/h1-8,13H,9-12H2. The van der Waals surface area contributed by atoms with Crippen molar-refractivity contribution in [2.45, 2.75) is 18.0 Å². The van der Waals surface area contributed by atoms with Gasteiger partial charge in [0, 0.05) is 12.2 Å². The Morgan fingerprint density at radius 3 is 2.80 bits per heavy atom. The molecular formula is C21H17FN6OS. The Morgan fingerprint density at radius 1 is 1.10 bits per heavy atom. The molecule has 0 unspecified atom stereocenters. The summed E-state index contributed by atoms with van der Waals surface area (Å²) >= 11 is 1.33. The highest BCUT2D eigenvalue weighted by molar-refractivity contribution is 8.00. The first-order chi connectivity index (χ1) is 14.7. The van der Waals surface area contributed by atoms with Crippen LogP contribution in [0.15, 0.2) is 59.9 Å². The van der Waals surface area contributed by atoms with E-state index in [0.717, 1.165) is 17.7 Å². The second-order valence-electron chi connectivity index (χ2n) is 6.94. The molecule has 2 aromatic heterocycles. The highest BCUT2D eigenvalue weighted by Crippen LogP contribution is 2.29. The number of carbonyl (C=O) groups excluding carboxylic acids is 1. The third-order valence-corrected chi connectivity index (χ3v) is 6.00. The quantitative estimate of drug-likeness (QED) is 0.365. The minimum Gasteiger partial charge on any atom is -0.311 e. The van der Waals surface area contributed by atoms with E-state index in [1.54, 1.807) is 16.8 Å². The Bertz CT molecular complexity index is 1230. The summed E-state index contributed by atoms with van der Waals surface area (Å²) in [6, 6.07) is 14.2. The predicted octanol–water partition coefficient (Wildman–Crippen LogP) is 3.09. The van der Waals surface area contributed by atoms with Gasteiger partial charge in [-0.15, -0.1) is 5.10 Å². The van der Waals surface area contributed by atoms with Gasteiger partial charge in [-0.25, -0.2) is 19.0 Å². The Kier molecular flexibility index (Phi) is 4.88. The van der Waals surface area contributed by atoms with Crippen molar-refractivity contribution in [1.82, 2.24) is 25.0 Å². The maximum Gasteiger partial charge on any atom is 0.237 e. The van der Waals surface area contributed by atoms with Crippen LogP contribution in [0.2, 0.25) is 0 Å². The lowest BCUT2D eigenvalue weighted by atomic mass is 10.2. The molecule has 4 aromatic rings. The van der Waals surface area contributed by atoms with Crippen molar-refractivity contribution in [2.24, 2.45) is 0 Å². The summed E-state index contributed by atoms with van der Waals surface area (Å²) in [7, 11) is 0. The zero-order valence-electron chi connectivity index (χ0n) is 15.9. The Labute approximate surface area is 175 Å². The van der Waals surface area contributed by atoms with Crippen LogP contribution in [0.3, 0.4) is 0 Å². The largest absolute Gasteiger partial charge is 0.311 e. The number of thioether (sulfide) groups is 1. The first kappa shape index (κ1) is 18.7. The molecule has 0 atom stereocenters. The molecule has 30 heavy (non-hydrogen) atoms. The average Bonchev–Trinajstić information content (AvgIpc) is 3.38. The average molecular weight is 420 g/mol. The van der Waals surface area contributed by atoms with Gasteiger partial charge >= 0.3 is 0 Å². The van der Waals surface area contributed by atoms with Gasteiger partial charge in [0.2, 0.25) is 5.91 Å². The third-order valence-electron chi connectivity index (χ3n) is 5.03. The maximum absolute atomic E-state index is 13.1. The zero-order chi connectivity index (χ0) is 20.5. The number of anilines is 1. The molecule has 2 aromatic carbocycles. The van der Waals surface area contributed by atoms with Crippen molar-refractivity contribution in [1.29, 1.82) is 0 Å². The lowest BCUT2D eigenvalue weighted by molar-refractivity contribution is -0.116.